The van der Waals surface area contributed by atoms with Gasteiger partial charge in [0.05, 0.1) is 0 Å². The molecular weight excluding hydrogens is 126 g/mol. The Hall–Kier alpha value is -1.59. The predicted octanol–water partition coefficient (Wildman–Crippen LogP) is -1.10. The van der Waals surface area contributed by atoms with E-state index in [0.717, 1.165) is 0 Å². The lowest BCUT2D eigenvalue weighted by Gasteiger charge is -1.76. The largest absolute Gasteiger partial charge is 0.297 e. The fraction of sp³-hybridized carbons (Fsp3) is 0. The van der Waals surface area contributed by atoms with Crippen molar-refractivity contribution in [2.45, 2.75) is 0 Å². The van der Waals surface area contributed by atoms with Crippen LogP contribution in [-0.4, -0.2) is 0 Å². The van der Waals surface area contributed by atoms with Gasteiger partial charge in [-0.2, -0.15) is 0 Å². The maximum Gasteiger partial charge on any atom is 0.297 e. The molecule has 1 aromatic heterocycles. The van der Waals surface area contributed by atoms with Crippen LogP contribution < -0.4 is 16.5 Å². The molecule has 1 heterocycles. The Morgan fingerprint density at radius 2 is 1.33 bits per heavy atom. The van der Waals surface area contributed by atoms with Crippen LogP contribution in [0.1, 0.15) is 0 Å². The summed E-state index contributed by atoms with van der Waals surface area (Å²) in [5.74, 6) is 0. The van der Waals surface area contributed by atoms with Crippen molar-refractivity contribution in [1.82, 2.24) is 0 Å². The highest BCUT2D eigenvalue weighted by Gasteiger charge is 1.90. The van der Waals surface area contributed by atoms with Gasteiger partial charge in [0.15, 0.2) is 5.36 Å². The third kappa shape index (κ3) is 0.809. The Kier molecular flexibility index (Phi) is 1.07. The van der Waals surface area contributed by atoms with Crippen molar-refractivity contribution in [2.24, 2.45) is 0 Å². The predicted molar refractivity (Wildman–Crippen MR) is 20.8 cm³/mol. The minimum absolute atomic E-state index is 0.429. The van der Waals surface area contributed by atoms with Gasteiger partial charge in [-0.05, 0) is 0 Å². The van der Waals surface area contributed by atoms with Gasteiger partial charge in [0.2, 0.25) is 0 Å². The van der Waals surface area contributed by atoms with Crippen LogP contribution in [0.2, 0.25) is 0 Å². The number of rotatable bonds is 0. The van der Waals surface area contributed by atoms with Gasteiger partial charge in [0, 0.05) is 0 Å². The lowest BCUT2D eigenvalue weighted by atomic mass is 10.6. The van der Waals surface area contributed by atoms with E-state index in [1.807, 2.05) is 0 Å². The van der Waals surface area contributed by atoms with Gasteiger partial charge in [0.1, 0.15) is 0 Å². The first-order valence-electron chi connectivity index (χ1n) is 1.99. The van der Waals surface area contributed by atoms with Crippen molar-refractivity contribution in [1.29, 1.82) is 16.2 Å². The van der Waals surface area contributed by atoms with Crippen LogP contribution in [0.25, 0.3) is 0 Å². The Morgan fingerprint density at radius 3 is 1.67 bits per heavy atom. The van der Waals surface area contributed by atoms with Crippen molar-refractivity contribution >= 4 is 0 Å². The topological polar surface area (TPSA) is 111 Å². The second kappa shape index (κ2) is 1.73. The number of hydrogen-bond donors (Lipinski definition) is 3. The fourth-order valence-corrected chi connectivity index (χ4v) is 0.271. The van der Waals surface area contributed by atoms with Gasteiger partial charge in [-0.3, -0.25) is 16.2 Å². The Morgan fingerprint density at radius 1 is 0.889 bits per heavy atom. The lowest BCUT2D eigenvalue weighted by molar-refractivity contribution is -0.206. The molecule has 0 radical (unpaired) electrons. The second-order valence-corrected chi connectivity index (χ2v) is 1.27. The Balaban J connectivity index is 3.85. The highest BCUT2D eigenvalue weighted by Crippen LogP contribution is 1.58. The number of hydrogen-bond acceptors (Lipinski definition) is 6. The van der Waals surface area contributed by atoms with Crippen LogP contribution in [0.5, 0.6) is 0 Å². The highest BCUT2D eigenvalue weighted by molar-refractivity contribution is 4.58. The lowest BCUT2D eigenvalue weighted by Crippen LogP contribution is -2.36. The SMILES string of the molecule is N=c1oooc(=N)c1=N. The average Bonchev–Trinajstić information content (AvgIpc) is 1.83. The zero-order valence-corrected chi connectivity index (χ0v) is 4.22. The van der Waals surface area contributed by atoms with Crippen molar-refractivity contribution in [3.05, 3.63) is 16.5 Å². The van der Waals surface area contributed by atoms with Gasteiger partial charge in [-0.1, -0.05) is 4.74 Å². The van der Waals surface area contributed by atoms with E-state index in [9.17, 15) is 0 Å². The van der Waals surface area contributed by atoms with Gasteiger partial charge in [0.25, 0.3) is 11.1 Å². The first-order chi connectivity index (χ1) is 4.22. The van der Waals surface area contributed by atoms with Crippen LogP contribution in [0.4, 0.5) is 0 Å². The van der Waals surface area contributed by atoms with E-state index in [2.05, 4.69) is 13.9 Å². The first kappa shape index (κ1) is 5.54. The maximum atomic E-state index is 6.82. The van der Waals surface area contributed by atoms with Gasteiger partial charge >= 0.3 is 0 Å². The highest BCUT2D eigenvalue weighted by atomic mass is 17.2. The summed E-state index contributed by atoms with van der Waals surface area (Å²) in [4.78, 5) is 0. The summed E-state index contributed by atoms with van der Waals surface area (Å²) in [5.41, 5.74) is -1.04. The molecule has 0 fully saturated rings. The van der Waals surface area contributed by atoms with Crippen LogP contribution in [-0.2, 0) is 0 Å². The molecule has 9 heavy (non-hydrogen) atoms. The molecule has 0 aliphatic carbocycles. The average molecular weight is 129 g/mol. The summed E-state index contributed by atoms with van der Waals surface area (Å²) in [6, 6.07) is 0. The van der Waals surface area contributed by atoms with Gasteiger partial charge in [-0.15, -0.1) is 0 Å². The van der Waals surface area contributed by atoms with Gasteiger partial charge < -0.3 is 0 Å². The summed E-state index contributed by atoms with van der Waals surface area (Å²) >= 11 is 0. The smallest absolute Gasteiger partial charge is 0.291 e. The molecule has 0 saturated carbocycles. The normalized spacial score (nSPS) is 9.33. The molecule has 0 atom stereocenters. The van der Waals surface area contributed by atoms with Crippen LogP contribution in [0.15, 0.2) is 13.9 Å². The van der Waals surface area contributed by atoms with E-state index in [4.69, 9.17) is 16.2 Å². The van der Waals surface area contributed by atoms with Crippen molar-refractivity contribution < 1.29 is 13.9 Å². The van der Waals surface area contributed by atoms with Crippen LogP contribution in [0.3, 0.4) is 0 Å². The quantitative estimate of drug-likeness (QED) is 0.386. The summed E-state index contributed by atoms with van der Waals surface area (Å²) in [6.07, 6.45) is 0. The molecule has 6 nitrogen and oxygen atoms in total. The zero-order valence-electron chi connectivity index (χ0n) is 4.22. The molecule has 0 aliphatic heterocycles. The Bertz CT molecular complexity index is 324. The van der Waals surface area contributed by atoms with E-state index in [1.54, 1.807) is 0 Å². The monoisotopic (exact) mass is 129 g/mol. The molecule has 0 bridgehead atoms. The van der Waals surface area contributed by atoms with Gasteiger partial charge in [-0.25, -0.2) is 9.15 Å². The van der Waals surface area contributed by atoms with Crippen LogP contribution >= 0.6 is 0 Å². The summed E-state index contributed by atoms with van der Waals surface area (Å²) < 4.78 is 11.7. The fourth-order valence-electron chi connectivity index (χ4n) is 0.271. The number of nitrogens with one attached hydrogen (secondary N) is 3. The minimum Gasteiger partial charge on any atom is -0.291 e. The van der Waals surface area contributed by atoms with E-state index in [0.29, 0.717) is 0 Å². The first-order valence-corrected chi connectivity index (χ1v) is 1.99. The molecule has 0 amide bonds. The summed E-state index contributed by atoms with van der Waals surface area (Å²) in [7, 11) is 0. The molecular formula is C3H3N3O3. The third-order valence-corrected chi connectivity index (χ3v) is 0.689. The molecule has 3 N–H and O–H groups in total. The standard InChI is InChI=1S/C3H3N3O3/c4-1-2(5)7-9-8-3(1)6/h4-6H. The van der Waals surface area contributed by atoms with E-state index >= 15 is 0 Å². The molecule has 48 valence electrons. The summed E-state index contributed by atoms with van der Waals surface area (Å²) in [6.45, 7) is 0. The molecule has 0 aliphatic rings. The molecule has 0 spiro atoms. The Labute approximate surface area is 47.8 Å². The molecule has 0 saturated heterocycles. The van der Waals surface area contributed by atoms with Crippen molar-refractivity contribution in [3.63, 3.8) is 0 Å². The minimum atomic E-state index is -0.522. The molecule has 1 aromatic rings. The van der Waals surface area contributed by atoms with E-state index in [-0.39, 0.29) is 0 Å². The molecule has 1 rings (SSSR count). The zero-order chi connectivity index (χ0) is 6.85. The summed E-state index contributed by atoms with van der Waals surface area (Å²) in [5, 5.41) is 19.9. The second-order valence-electron chi connectivity index (χ2n) is 1.27. The van der Waals surface area contributed by atoms with E-state index < -0.39 is 16.5 Å². The molecule has 0 aromatic carbocycles. The van der Waals surface area contributed by atoms with E-state index in [1.165, 1.54) is 0 Å². The van der Waals surface area contributed by atoms with Crippen molar-refractivity contribution in [2.75, 3.05) is 0 Å². The van der Waals surface area contributed by atoms with Crippen LogP contribution in [0, 0.1) is 16.2 Å². The molecule has 0 unspecified atom stereocenters. The molecule has 6 heteroatoms. The maximum absolute atomic E-state index is 6.82. The van der Waals surface area contributed by atoms with Crippen molar-refractivity contribution in [3.8, 4) is 0 Å². The third-order valence-electron chi connectivity index (χ3n) is 0.689.